The molecule has 0 N–H and O–H groups in total. The summed E-state index contributed by atoms with van der Waals surface area (Å²) in [5, 5.41) is 1.40. The lowest BCUT2D eigenvalue weighted by molar-refractivity contribution is 0.365. The molecule has 7 aliphatic rings. The predicted molar refractivity (Wildman–Crippen MR) is 237 cm³/mol. The standard InChI is InChI=1S/C54H52N2/c1-4-15-37(16-5-1)40-21-14-22-45(32-40)55-51-25-12-10-23-47(51)49-35-41(27-29-53(49)55)42-28-30-54-50(36-42)48-24-11-13-26-52(48)56(54)46-33-43(38-17-6-2-7-18-38)31-44(34-46)39-19-8-3-9-20-39/h1-2,4,6-8,10-12,14,17-25,31,34-37,40,43H,3,5,9,13,15-16,26-30,32-33H2. The Morgan fingerprint density at radius 3 is 2.21 bits per heavy atom. The highest BCUT2D eigenvalue weighted by Crippen LogP contribution is 2.46. The molecule has 0 amide bonds. The number of hydrogen-bond donors (Lipinski definition) is 0. The molecule has 0 saturated carbocycles. The quantitative estimate of drug-likeness (QED) is 0.175. The maximum atomic E-state index is 2.74. The highest BCUT2D eigenvalue weighted by molar-refractivity contribution is 5.96. The second-order valence-electron chi connectivity index (χ2n) is 17.1. The molecule has 0 radical (unpaired) electrons. The third-order valence-electron chi connectivity index (χ3n) is 13.9. The summed E-state index contributed by atoms with van der Waals surface area (Å²) in [6.45, 7) is 0. The molecule has 2 heteroatoms. The summed E-state index contributed by atoms with van der Waals surface area (Å²) in [6.07, 6.45) is 49.1. The van der Waals surface area contributed by atoms with Gasteiger partial charge in [-0.25, -0.2) is 0 Å². The van der Waals surface area contributed by atoms with Crippen LogP contribution in [0.2, 0.25) is 0 Å². The van der Waals surface area contributed by atoms with E-state index in [9.17, 15) is 0 Å². The van der Waals surface area contributed by atoms with Gasteiger partial charge in [-0.15, -0.1) is 0 Å². The molecule has 0 saturated heterocycles. The Bertz CT molecular complexity index is 2560. The lowest BCUT2D eigenvalue weighted by Crippen LogP contribution is -2.18. The maximum Gasteiger partial charge on any atom is 0.0534 e. The molecule has 278 valence electrons. The molecular formula is C54H52N2. The van der Waals surface area contributed by atoms with Crippen LogP contribution in [-0.4, -0.2) is 9.13 Å². The molecule has 11 rings (SSSR count). The topological polar surface area (TPSA) is 9.86 Å². The van der Waals surface area contributed by atoms with E-state index < -0.39 is 0 Å². The molecule has 7 aliphatic carbocycles. The molecule has 4 aromatic rings. The average Bonchev–Trinajstić information content (AvgIpc) is 3.79. The van der Waals surface area contributed by atoms with Gasteiger partial charge in [0.05, 0.1) is 5.52 Å². The monoisotopic (exact) mass is 728 g/mol. The third kappa shape index (κ3) is 5.92. The van der Waals surface area contributed by atoms with Crippen LogP contribution >= 0.6 is 0 Å². The third-order valence-corrected chi connectivity index (χ3v) is 13.9. The minimum atomic E-state index is 0.365. The van der Waals surface area contributed by atoms with Gasteiger partial charge in [-0.3, -0.25) is 0 Å². The highest BCUT2D eigenvalue weighted by Gasteiger charge is 2.31. The fraction of sp³-hybridized carbons (Fsp3) is 0.296. The van der Waals surface area contributed by atoms with Crippen LogP contribution in [0.1, 0.15) is 109 Å². The SMILES string of the molecule is C1=CC(C2CC=CCC2)CC(n2c3c(c4ccccc42)C=C(C2=Cc4c5c(n(C6=CC(C7=CCCC=C7)=CC(c7ccccc7)C6)c4CC2)CCC=C5)CC3)=C1. The summed E-state index contributed by atoms with van der Waals surface area (Å²) in [4.78, 5) is 0. The average molecular weight is 729 g/mol. The number of aromatic nitrogens is 2. The van der Waals surface area contributed by atoms with Crippen molar-refractivity contribution in [2.45, 2.75) is 89.4 Å². The van der Waals surface area contributed by atoms with E-state index in [1.807, 2.05) is 0 Å². The molecule has 3 atom stereocenters. The van der Waals surface area contributed by atoms with Crippen LogP contribution in [0.25, 0.3) is 40.5 Å². The van der Waals surface area contributed by atoms with Crippen LogP contribution in [0.5, 0.6) is 0 Å². The van der Waals surface area contributed by atoms with Gasteiger partial charge < -0.3 is 9.13 Å². The zero-order valence-corrected chi connectivity index (χ0v) is 32.6. The van der Waals surface area contributed by atoms with Gasteiger partial charge in [0.1, 0.15) is 0 Å². The van der Waals surface area contributed by atoms with Gasteiger partial charge in [-0.2, -0.15) is 0 Å². The van der Waals surface area contributed by atoms with E-state index in [1.165, 1.54) is 92.0 Å². The van der Waals surface area contributed by atoms with Crippen molar-refractivity contribution < 1.29 is 0 Å². The number of hydrogen-bond acceptors (Lipinski definition) is 0. The fourth-order valence-electron chi connectivity index (χ4n) is 11.1. The van der Waals surface area contributed by atoms with Crippen LogP contribution in [0.4, 0.5) is 0 Å². The van der Waals surface area contributed by atoms with E-state index >= 15 is 0 Å². The van der Waals surface area contributed by atoms with Crippen molar-refractivity contribution in [3.05, 3.63) is 183 Å². The van der Waals surface area contributed by atoms with Gasteiger partial charge >= 0.3 is 0 Å². The molecule has 2 heterocycles. The molecule has 0 fully saturated rings. The fourth-order valence-corrected chi connectivity index (χ4v) is 11.1. The molecular weight excluding hydrogens is 677 g/mol. The Labute approximate surface area is 332 Å². The lowest BCUT2D eigenvalue weighted by Gasteiger charge is -2.30. The number of fused-ring (bicyclic) bond motifs is 6. The van der Waals surface area contributed by atoms with Crippen LogP contribution in [0.3, 0.4) is 0 Å². The molecule has 2 aromatic heterocycles. The summed E-state index contributed by atoms with van der Waals surface area (Å²) in [7, 11) is 0. The first-order valence-corrected chi connectivity index (χ1v) is 21.6. The lowest BCUT2D eigenvalue weighted by atomic mass is 9.79. The number of allylic oxidation sites excluding steroid dienone is 17. The Hall–Kier alpha value is -5.34. The van der Waals surface area contributed by atoms with Crippen molar-refractivity contribution in [3.8, 4) is 0 Å². The second-order valence-corrected chi connectivity index (χ2v) is 17.1. The van der Waals surface area contributed by atoms with Crippen LogP contribution in [-0.2, 0) is 19.3 Å². The summed E-state index contributed by atoms with van der Waals surface area (Å²) in [6, 6.07) is 20.4. The zero-order valence-electron chi connectivity index (χ0n) is 32.6. The first kappa shape index (κ1) is 34.0. The van der Waals surface area contributed by atoms with Gasteiger partial charge in [0.2, 0.25) is 0 Å². The van der Waals surface area contributed by atoms with Crippen molar-refractivity contribution in [2.24, 2.45) is 11.8 Å². The number of para-hydroxylation sites is 1. The maximum absolute atomic E-state index is 2.74. The smallest absolute Gasteiger partial charge is 0.0534 e. The molecule has 2 nitrogen and oxygen atoms in total. The van der Waals surface area contributed by atoms with Crippen LogP contribution < -0.4 is 0 Å². The van der Waals surface area contributed by atoms with Gasteiger partial charge in [-0.05, 0) is 154 Å². The van der Waals surface area contributed by atoms with E-state index in [4.69, 9.17) is 0 Å². The van der Waals surface area contributed by atoms with Gasteiger partial charge in [-0.1, -0.05) is 109 Å². The van der Waals surface area contributed by atoms with E-state index in [0.29, 0.717) is 11.8 Å². The Balaban J connectivity index is 0.970. The predicted octanol–water partition coefficient (Wildman–Crippen LogP) is 13.8. The minimum absolute atomic E-state index is 0.365. The molecule has 2 aromatic carbocycles. The largest absolute Gasteiger partial charge is 0.320 e. The van der Waals surface area contributed by atoms with Crippen LogP contribution in [0, 0.1) is 11.8 Å². The van der Waals surface area contributed by atoms with Gasteiger partial charge in [0.15, 0.2) is 0 Å². The number of rotatable bonds is 6. The molecule has 56 heavy (non-hydrogen) atoms. The summed E-state index contributed by atoms with van der Waals surface area (Å²) >= 11 is 0. The first-order chi connectivity index (χ1) is 27.8. The van der Waals surface area contributed by atoms with E-state index in [2.05, 4.69) is 149 Å². The Morgan fingerprint density at radius 1 is 0.571 bits per heavy atom. The first-order valence-electron chi connectivity index (χ1n) is 21.6. The normalized spacial score (nSPS) is 24.0. The Morgan fingerprint density at radius 2 is 1.38 bits per heavy atom. The number of benzene rings is 2. The molecule has 3 unspecified atom stereocenters. The van der Waals surface area contributed by atoms with E-state index in [1.54, 1.807) is 11.1 Å². The Kier molecular flexibility index (Phi) is 8.67. The second kappa shape index (κ2) is 14.3. The van der Waals surface area contributed by atoms with Gasteiger partial charge in [0.25, 0.3) is 0 Å². The van der Waals surface area contributed by atoms with E-state index in [0.717, 1.165) is 70.1 Å². The summed E-state index contributed by atoms with van der Waals surface area (Å²) < 4.78 is 5.39. The van der Waals surface area contributed by atoms with Crippen molar-refractivity contribution >= 4 is 40.5 Å². The van der Waals surface area contributed by atoms with E-state index in [-0.39, 0.29) is 0 Å². The molecule has 0 spiro atoms. The van der Waals surface area contributed by atoms with Crippen LogP contribution in [0.15, 0.2) is 144 Å². The van der Waals surface area contributed by atoms with Crippen molar-refractivity contribution in [1.29, 1.82) is 0 Å². The highest BCUT2D eigenvalue weighted by atomic mass is 15.0. The summed E-state index contributed by atoms with van der Waals surface area (Å²) in [5.74, 6) is 1.74. The van der Waals surface area contributed by atoms with Crippen molar-refractivity contribution in [1.82, 2.24) is 9.13 Å². The zero-order chi connectivity index (χ0) is 37.0. The van der Waals surface area contributed by atoms with Crippen molar-refractivity contribution in [2.75, 3.05) is 0 Å². The summed E-state index contributed by atoms with van der Waals surface area (Å²) in [5.41, 5.74) is 20.5. The molecule has 0 aliphatic heterocycles. The minimum Gasteiger partial charge on any atom is -0.320 e. The number of nitrogens with zero attached hydrogens (tertiary/aromatic N) is 2. The van der Waals surface area contributed by atoms with Gasteiger partial charge in [0, 0.05) is 56.5 Å². The van der Waals surface area contributed by atoms with Crippen molar-refractivity contribution in [3.63, 3.8) is 0 Å². The molecule has 0 bridgehead atoms.